The molecule has 0 saturated carbocycles. The molecule has 5 heteroatoms. The minimum atomic E-state index is 0.0817. The maximum atomic E-state index is 5.09. The van der Waals surface area contributed by atoms with Gasteiger partial charge in [-0.05, 0) is 49.1 Å². The van der Waals surface area contributed by atoms with Gasteiger partial charge in [0.1, 0.15) is 6.04 Å². The number of aromatic nitrogens is 1. The third kappa shape index (κ3) is 3.02. The van der Waals surface area contributed by atoms with Crippen molar-refractivity contribution in [2.24, 2.45) is 4.99 Å². The summed E-state index contributed by atoms with van der Waals surface area (Å²) in [5.74, 6) is 0. The van der Waals surface area contributed by atoms with Gasteiger partial charge in [-0.3, -0.25) is 9.98 Å². The second-order valence-electron chi connectivity index (χ2n) is 7.88. The fourth-order valence-corrected chi connectivity index (χ4v) is 5.75. The molecule has 0 radical (unpaired) electrons. The number of hydrogen-bond acceptors (Lipinski definition) is 5. The maximum Gasteiger partial charge on any atom is 0.160 e. The summed E-state index contributed by atoms with van der Waals surface area (Å²) < 4.78 is 0. The molecule has 1 aromatic carbocycles. The second-order valence-corrected chi connectivity index (χ2v) is 9.28. The van der Waals surface area contributed by atoms with Crippen LogP contribution in [0.2, 0.25) is 0 Å². The SMILES string of the molecule is Cc1cc([C@H]2[C@@H](c3ccccn3)N=C3S[C@@H](C)CN32)ccc1N1CCCC1. The highest BCUT2D eigenvalue weighted by molar-refractivity contribution is 8.14. The van der Waals surface area contributed by atoms with Crippen LogP contribution in [0.15, 0.2) is 47.6 Å². The Labute approximate surface area is 165 Å². The first-order valence-electron chi connectivity index (χ1n) is 9.98. The molecule has 0 spiro atoms. The van der Waals surface area contributed by atoms with E-state index in [1.807, 2.05) is 24.0 Å². The zero-order chi connectivity index (χ0) is 18.4. The van der Waals surface area contributed by atoms with Crippen LogP contribution in [0.25, 0.3) is 0 Å². The van der Waals surface area contributed by atoms with Crippen LogP contribution in [0.1, 0.15) is 48.7 Å². The quantitative estimate of drug-likeness (QED) is 0.782. The summed E-state index contributed by atoms with van der Waals surface area (Å²) in [6, 6.07) is 13.5. The van der Waals surface area contributed by atoms with Crippen LogP contribution in [0, 0.1) is 6.92 Å². The minimum Gasteiger partial charge on any atom is -0.371 e. The van der Waals surface area contributed by atoms with Crippen LogP contribution < -0.4 is 4.90 Å². The van der Waals surface area contributed by atoms with Crippen LogP contribution >= 0.6 is 11.8 Å². The van der Waals surface area contributed by atoms with E-state index in [0.717, 1.165) is 12.2 Å². The fourth-order valence-electron chi connectivity index (χ4n) is 4.65. The molecule has 5 rings (SSSR count). The van der Waals surface area contributed by atoms with Crippen LogP contribution in [0.5, 0.6) is 0 Å². The molecule has 0 aliphatic carbocycles. The fraction of sp³-hybridized carbons (Fsp3) is 0.455. The molecule has 27 heavy (non-hydrogen) atoms. The Kier molecular flexibility index (Phi) is 4.35. The lowest BCUT2D eigenvalue weighted by atomic mass is 9.94. The Hall–Kier alpha value is -2.01. The standard InChI is InChI=1S/C22H26N4S/c1-15-13-17(8-9-19(15)25-11-5-6-12-25)21-20(18-7-3-4-10-23-18)24-22-26(21)14-16(2)27-22/h3-4,7-10,13,16,20-21H,5-6,11-12,14H2,1-2H3/t16-,20+,21-/m0/s1. The number of nitrogens with zero attached hydrogens (tertiary/aromatic N) is 4. The first-order valence-corrected chi connectivity index (χ1v) is 10.9. The summed E-state index contributed by atoms with van der Waals surface area (Å²) in [6.45, 7) is 7.98. The summed E-state index contributed by atoms with van der Waals surface area (Å²) >= 11 is 1.90. The normalized spacial score (nSPS) is 27.2. The van der Waals surface area contributed by atoms with Crippen molar-refractivity contribution in [3.63, 3.8) is 0 Å². The zero-order valence-electron chi connectivity index (χ0n) is 16.0. The molecule has 3 aliphatic rings. The maximum absolute atomic E-state index is 5.09. The highest BCUT2D eigenvalue weighted by Gasteiger charge is 2.43. The van der Waals surface area contributed by atoms with Gasteiger partial charge in [0.2, 0.25) is 0 Å². The molecule has 2 aromatic rings. The third-order valence-corrected chi connectivity index (χ3v) is 6.99. The largest absolute Gasteiger partial charge is 0.371 e. The van der Waals surface area contributed by atoms with E-state index >= 15 is 0 Å². The Morgan fingerprint density at radius 2 is 1.96 bits per heavy atom. The summed E-state index contributed by atoms with van der Waals surface area (Å²) in [6.07, 6.45) is 4.50. The van der Waals surface area contributed by atoms with Crippen molar-refractivity contribution in [1.82, 2.24) is 9.88 Å². The van der Waals surface area contributed by atoms with Gasteiger partial charge in [0.25, 0.3) is 0 Å². The highest BCUT2D eigenvalue weighted by Crippen LogP contribution is 2.48. The van der Waals surface area contributed by atoms with Gasteiger partial charge < -0.3 is 9.80 Å². The predicted octanol–water partition coefficient (Wildman–Crippen LogP) is 4.58. The number of aliphatic imine (C=N–C) groups is 1. The van der Waals surface area contributed by atoms with Crippen LogP contribution in [0.4, 0.5) is 5.69 Å². The van der Waals surface area contributed by atoms with Crippen molar-refractivity contribution in [3.8, 4) is 0 Å². The third-order valence-electron chi connectivity index (χ3n) is 5.89. The smallest absolute Gasteiger partial charge is 0.160 e. The van der Waals surface area contributed by atoms with Gasteiger partial charge in [-0.1, -0.05) is 36.9 Å². The van der Waals surface area contributed by atoms with E-state index in [1.165, 1.54) is 47.9 Å². The van der Waals surface area contributed by atoms with E-state index in [4.69, 9.17) is 4.99 Å². The molecule has 0 amide bonds. The molecule has 4 heterocycles. The van der Waals surface area contributed by atoms with Crippen LogP contribution in [-0.2, 0) is 0 Å². The minimum absolute atomic E-state index is 0.0817. The summed E-state index contributed by atoms with van der Waals surface area (Å²) in [7, 11) is 0. The van der Waals surface area contributed by atoms with Gasteiger partial charge in [0.15, 0.2) is 5.17 Å². The summed E-state index contributed by atoms with van der Waals surface area (Å²) in [4.78, 5) is 14.8. The zero-order valence-corrected chi connectivity index (χ0v) is 16.8. The molecule has 0 bridgehead atoms. The van der Waals surface area contributed by atoms with Gasteiger partial charge >= 0.3 is 0 Å². The number of anilines is 1. The monoisotopic (exact) mass is 378 g/mol. The van der Waals surface area contributed by atoms with E-state index in [0.29, 0.717) is 5.25 Å². The number of pyridine rings is 1. The number of benzene rings is 1. The Morgan fingerprint density at radius 3 is 2.70 bits per heavy atom. The van der Waals surface area contributed by atoms with Crippen molar-refractivity contribution in [1.29, 1.82) is 0 Å². The molecule has 0 unspecified atom stereocenters. The van der Waals surface area contributed by atoms with Crippen molar-refractivity contribution in [3.05, 3.63) is 59.4 Å². The van der Waals surface area contributed by atoms with Gasteiger partial charge in [-0.15, -0.1) is 0 Å². The molecular formula is C22H26N4S. The first-order chi connectivity index (χ1) is 13.2. The van der Waals surface area contributed by atoms with E-state index in [-0.39, 0.29) is 12.1 Å². The highest BCUT2D eigenvalue weighted by atomic mass is 32.2. The van der Waals surface area contributed by atoms with Gasteiger partial charge in [-0.25, -0.2) is 0 Å². The number of fused-ring (bicyclic) bond motifs is 1. The molecular weight excluding hydrogens is 352 g/mol. The van der Waals surface area contributed by atoms with Crippen LogP contribution in [-0.4, -0.2) is 39.9 Å². The van der Waals surface area contributed by atoms with E-state index in [2.05, 4.69) is 59.0 Å². The number of thioether (sulfide) groups is 1. The topological polar surface area (TPSA) is 31.7 Å². The molecule has 2 saturated heterocycles. The lowest BCUT2D eigenvalue weighted by Crippen LogP contribution is -2.28. The predicted molar refractivity (Wildman–Crippen MR) is 114 cm³/mol. The second kappa shape index (κ2) is 6.86. The lowest BCUT2D eigenvalue weighted by molar-refractivity contribution is 0.321. The molecule has 4 nitrogen and oxygen atoms in total. The van der Waals surface area contributed by atoms with Crippen molar-refractivity contribution >= 4 is 22.6 Å². The average Bonchev–Trinajstić information content (AvgIpc) is 3.38. The Balaban J connectivity index is 1.52. The van der Waals surface area contributed by atoms with E-state index < -0.39 is 0 Å². The molecule has 0 N–H and O–H groups in total. The Morgan fingerprint density at radius 1 is 1.11 bits per heavy atom. The number of amidine groups is 1. The Bertz CT molecular complexity index is 860. The molecule has 3 atom stereocenters. The van der Waals surface area contributed by atoms with E-state index in [9.17, 15) is 0 Å². The first kappa shape index (κ1) is 17.1. The molecule has 2 fully saturated rings. The van der Waals surface area contributed by atoms with Gasteiger partial charge in [0, 0.05) is 36.8 Å². The van der Waals surface area contributed by atoms with Gasteiger partial charge in [0.05, 0.1) is 11.7 Å². The number of hydrogen-bond donors (Lipinski definition) is 0. The number of aryl methyl sites for hydroxylation is 1. The summed E-state index contributed by atoms with van der Waals surface area (Å²) in [5.41, 5.74) is 5.20. The van der Waals surface area contributed by atoms with Crippen LogP contribution in [0.3, 0.4) is 0 Å². The van der Waals surface area contributed by atoms with Gasteiger partial charge in [-0.2, -0.15) is 0 Å². The lowest BCUT2D eigenvalue weighted by Gasteiger charge is -2.29. The van der Waals surface area contributed by atoms with Crippen molar-refractivity contribution in [2.45, 2.75) is 44.0 Å². The molecule has 140 valence electrons. The van der Waals surface area contributed by atoms with E-state index in [1.54, 1.807) is 0 Å². The summed E-state index contributed by atoms with van der Waals surface area (Å²) in [5, 5.41) is 1.78. The average molecular weight is 379 g/mol. The van der Waals surface area contributed by atoms with Crippen molar-refractivity contribution < 1.29 is 0 Å². The number of rotatable bonds is 3. The molecule has 3 aliphatic heterocycles. The molecule has 1 aromatic heterocycles. The van der Waals surface area contributed by atoms with Crippen molar-refractivity contribution in [2.75, 3.05) is 24.5 Å².